The van der Waals surface area contributed by atoms with E-state index in [4.69, 9.17) is 14.2 Å². The second kappa shape index (κ2) is 40.5. The van der Waals surface area contributed by atoms with Gasteiger partial charge in [-0.1, -0.05) is 170 Å². The summed E-state index contributed by atoms with van der Waals surface area (Å²) < 4.78 is 17.2. The van der Waals surface area contributed by atoms with E-state index in [2.05, 4.69) is 56.4 Å². The van der Waals surface area contributed by atoms with Gasteiger partial charge in [-0.3, -0.25) is 9.59 Å². The van der Waals surface area contributed by atoms with Gasteiger partial charge in [0, 0.05) is 19.3 Å². The maximum atomic E-state index is 12.7. The van der Waals surface area contributed by atoms with Crippen LogP contribution in [0.1, 0.15) is 174 Å². The van der Waals surface area contributed by atoms with Crippen LogP contribution >= 0.6 is 0 Å². The first-order valence-electron chi connectivity index (χ1n) is 23.0. The van der Waals surface area contributed by atoms with Crippen molar-refractivity contribution in [1.82, 2.24) is 0 Å². The van der Waals surface area contributed by atoms with Crippen LogP contribution in [0, 0.1) is 0 Å². The van der Waals surface area contributed by atoms with Crippen LogP contribution in [-0.2, 0) is 28.6 Å². The van der Waals surface area contributed by atoms with Gasteiger partial charge in [0.1, 0.15) is 12.6 Å². The smallest absolute Gasteiger partial charge is 0.306 e. The summed E-state index contributed by atoms with van der Waals surface area (Å²) in [5.74, 6) is -1.78. The highest BCUT2D eigenvalue weighted by Crippen LogP contribution is 2.14. The number of carbonyl (C=O) groups is 3. The van der Waals surface area contributed by atoms with Gasteiger partial charge >= 0.3 is 11.9 Å². The SMILES string of the molecule is CC/C=C/C=C/C=C/C=C/CCCCCCCC(=O)OCC(COCCC(C(=O)[O-])[N+](C)(C)C)OC(=O)CCCCCCCCCCCC/C=C/C=C/CCCCC. The predicted octanol–water partition coefficient (Wildman–Crippen LogP) is 11.4. The van der Waals surface area contributed by atoms with E-state index in [0.717, 1.165) is 70.6 Å². The Balaban J connectivity index is 4.35. The van der Waals surface area contributed by atoms with E-state index in [9.17, 15) is 19.5 Å². The Labute approximate surface area is 355 Å². The van der Waals surface area contributed by atoms with Gasteiger partial charge < -0.3 is 28.6 Å². The van der Waals surface area contributed by atoms with Crippen molar-refractivity contribution < 1.29 is 38.2 Å². The number of likely N-dealkylation sites (N-methyl/N-ethyl adjacent to an activating group) is 1. The molecule has 0 bridgehead atoms. The van der Waals surface area contributed by atoms with E-state index in [1.807, 2.05) is 30.4 Å². The molecule has 0 fully saturated rings. The van der Waals surface area contributed by atoms with Crippen molar-refractivity contribution in [3.63, 3.8) is 0 Å². The van der Waals surface area contributed by atoms with Crippen molar-refractivity contribution in [1.29, 1.82) is 0 Å². The van der Waals surface area contributed by atoms with E-state index < -0.39 is 18.1 Å². The summed E-state index contributed by atoms with van der Waals surface area (Å²) in [4.78, 5) is 36.9. The number of nitrogens with zero attached hydrogens (tertiary/aromatic N) is 1. The lowest BCUT2D eigenvalue weighted by Crippen LogP contribution is -2.55. The predicted molar refractivity (Wildman–Crippen MR) is 240 cm³/mol. The topological polar surface area (TPSA) is 102 Å². The van der Waals surface area contributed by atoms with Gasteiger partial charge in [-0.25, -0.2) is 0 Å². The number of rotatable bonds is 40. The molecule has 8 nitrogen and oxygen atoms in total. The largest absolute Gasteiger partial charge is 0.544 e. The average Bonchev–Trinajstić information content (AvgIpc) is 3.18. The van der Waals surface area contributed by atoms with Crippen LogP contribution in [-0.4, -0.2) is 75.5 Å². The molecule has 0 aliphatic heterocycles. The number of quaternary nitrogens is 1. The van der Waals surface area contributed by atoms with Gasteiger partial charge in [-0.15, -0.1) is 0 Å². The number of unbranched alkanes of at least 4 members (excludes halogenated alkanes) is 18. The number of carboxylic acids is 1. The monoisotopic (exact) mass is 812 g/mol. The zero-order chi connectivity index (χ0) is 42.8. The molecule has 0 aliphatic carbocycles. The molecule has 0 radical (unpaired) electrons. The number of esters is 2. The molecule has 0 amide bonds. The van der Waals surface area contributed by atoms with Crippen molar-refractivity contribution in [3.05, 3.63) is 72.9 Å². The van der Waals surface area contributed by atoms with Gasteiger partial charge in [0.15, 0.2) is 6.10 Å². The zero-order valence-corrected chi connectivity index (χ0v) is 37.7. The van der Waals surface area contributed by atoms with Crippen LogP contribution in [0.25, 0.3) is 0 Å². The van der Waals surface area contributed by atoms with Crippen LogP contribution < -0.4 is 5.11 Å². The number of hydrogen-bond donors (Lipinski definition) is 0. The van der Waals surface area contributed by atoms with E-state index in [1.165, 1.54) is 70.6 Å². The highest BCUT2D eigenvalue weighted by atomic mass is 16.6. The van der Waals surface area contributed by atoms with Crippen molar-refractivity contribution in [3.8, 4) is 0 Å². The number of ether oxygens (including phenoxy) is 3. The molecular weight excluding hydrogens is 727 g/mol. The van der Waals surface area contributed by atoms with Crippen LogP contribution in [0.4, 0.5) is 0 Å². The molecule has 2 unspecified atom stereocenters. The molecule has 0 rings (SSSR count). The Hall–Kier alpha value is -3.23. The first-order valence-corrected chi connectivity index (χ1v) is 23.0. The van der Waals surface area contributed by atoms with Crippen molar-refractivity contribution in [2.24, 2.45) is 0 Å². The van der Waals surface area contributed by atoms with E-state index in [0.29, 0.717) is 12.8 Å². The summed E-state index contributed by atoms with van der Waals surface area (Å²) in [6, 6.07) is -0.733. The number of hydrogen-bond acceptors (Lipinski definition) is 7. The summed E-state index contributed by atoms with van der Waals surface area (Å²) in [5, 5.41) is 11.6. The Morgan fingerprint density at radius 2 is 0.966 bits per heavy atom. The molecule has 0 N–H and O–H groups in total. The minimum absolute atomic E-state index is 0.0282. The molecule has 58 heavy (non-hydrogen) atoms. The molecule has 0 aromatic rings. The molecule has 0 saturated heterocycles. The zero-order valence-electron chi connectivity index (χ0n) is 37.7. The van der Waals surface area contributed by atoms with Gasteiger partial charge in [0.2, 0.25) is 0 Å². The molecule has 0 aromatic carbocycles. The highest BCUT2D eigenvalue weighted by molar-refractivity contribution is 5.70. The quantitative estimate of drug-likeness (QED) is 0.0263. The van der Waals surface area contributed by atoms with Gasteiger partial charge in [0.05, 0.1) is 40.3 Å². The molecule has 0 aromatic heterocycles. The molecule has 0 heterocycles. The normalized spacial score (nSPS) is 13.6. The molecule has 0 aliphatic rings. The summed E-state index contributed by atoms with van der Waals surface area (Å²) in [6.07, 6.45) is 50.6. The van der Waals surface area contributed by atoms with Gasteiger partial charge in [-0.05, 0) is 57.8 Å². The fraction of sp³-hybridized carbons (Fsp3) is 0.700. The summed E-state index contributed by atoms with van der Waals surface area (Å²) in [7, 11) is 5.39. The second-order valence-electron chi connectivity index (χ2n) is 16.4. The first kappa shape index (κ1) is 54.8. The standard InChI is InChI=1S/C50H85NO7/c1-6-8-10-12-14-16-18-20-22-23-24-25-27-29-31-33-35-37-39-41-49(53)58-46(44-56-43-42-47(50(54)55)51(3,4)5)45-57-48(52)40-38-36-34-32-30-28-26-21-19-17-15-13-11-9-7-2/h9,11,13-21,26,46-47H,6-8,10,12,22-25,27-45H2,1-5H3/b11-9+,15-13+,16-14+,19-17+,20-18+,26-21+. The third kappa shape index (κ3) is 38.3. The lowest BCUT2D eigenvalue weighted by atomic mass is 10.1. The lowest BCUT2D eigenvalue weighted by molar-refractivity contribution is -0.889. The number of carboxylic acid groups (broad SMARTS) is 1. The Bertz CT molecular complexity index is 1180. The van der Waals surface area contributed by atoms with Crippen LogP contribution in [0.5, 0.6) is 0 Å². The molecular formula is C50H85NO7. The maximum absolute atomic E-state index is 12.7. The molecule has 2 atom stereocenters. The Morgan fingerprint density at radius 3 is 1.45 bits per heavy atom. The molecule has 0 saturated carbocycles. The fourth-order valence-corrected chi connectivity index (χ4v) is 6.37. The van der Waals surface area contributed by atoms with Crippen LogP contribution in [0.2, 0.25) is 0 Å². The lowest BCUT2D eigenvalue weighted by Gasteiger charge is -2.34. The number of aliphatic carboxylic acids is 1. The van der Waals surface area contributed by atoms with Crippen molar-refractivity contribution in [2.45, 2.75) is 187 Å². The Morgan fingerprint density at radius 1 is 0.534 bits per heavy atom. The fourth-order valence-electron chi connectivity index (χ4n) is 6.37. The number of carbonyl (C=O) groups excluding carboxylic acids is 3. The van der Waals surface area contributed by atoms with Crippen molar-refractivity contribution >= 4 is 17.9 Å². The summed E-state index contributed by atoms with van der Waals surface area (Å²) in [5.41, 5.74) is 0. The second-order valence-corrected chi connectivity index (χ2v) is 16.4. The minimum atomic E-state index is -1.13. The third-order valence-corrected chi connectivity index (χ3v) is 9.95. The van der Waals surface area contributed by atoms with Crippen LogP contribution in [0.3, 0.4) is 0 Å². The molecule has 8 heteroatoms. The van der Waals surface area contributed by atoms with E-state index in [1.54, 1.807) is 21.1 Å². The first-order chi connectivity index (χ1) is 28.1. The highest BCUT2D eigenvalue weighted by Gasteiger charge is 2.25. The molecule has 0 spiro atoms. The maximum Gasteiger partial charge on any atom is 0.306 e. The van der Waals surface area contributed by atoms with E-state index in [-0.39, 0.29) is 42.7 Å². The van der Waals surface area contributed by atoms with Gasteiger partial charge in [-0.2, -0.15) is 0 Å². The van der Waals surface area contributed by atoms with Crippen molar-refractivity contribution in [2.75, 3.05) is 41.0 Å². The minimum Gasteiger partial charge on any atom is -0.544 e. The van der Waals surface area contributed by atoms with E-state index >= 15 is 0 Å². The van der Waals surface area contributed by atoms with Crippen LogP contribution in [0.15, 0.2) is 72.9 Å². The molecule has 332 valence electrons. The van der Waals surface area contributed by atoms with Gasteiger partial charge in [0.25, 0.3) is 0 Å². The Kier molecular flexibility index (Phi) is 38.3. The third-order valence-electron chi connectivity index (χ3n) is 9.95. The summed E-state index contributed by atoms with van der Waals surface area (Å²) in [6.45, 7) is 4.46. The number of allylic oxidation sites excluding steroid dienone is 12. The summed E-state index contributed by atoms with van der Waals surface area (Å²) >= 11 is 0. The average molecular weight is 812 g/mol.